The van der Waals surface area contributed by atoms with E-state index in [1.807, 2.05) is 29.5 Å². The number of rotatable bonds is 3. The fourth-order valence-corrected chi connectivity index (χ4v) is 9.64. The Kier molecular flexibility index (Phi) is 5.87. The molecule has 0 spiro atoms. The Morgan fingerprint density at radius 2 is 1.11 bits per heavy atom. The molecule has 0 N–H and O–H groups in total. The highest BCUT2D eigenvalue weighted by Crippen LogP contribution is 2.46. The molecule has 0 saturated heterocycles. The van der Waals surface area contributed by atoms with Crippen LogP contribution < -0.4 is 0 Å². The van der Waals surface area contributed by atoms with Crippen molar-refractivity contribution < 1.29 is 0 Å². The van der Waals surface area contributed by atoms with E-state index in [4.69, 9.17) is 15.0 Å². The minimum absolute atomic E-state index is 0.711. The van der Waals surface area contributed by atoms with Crippen LogP contribution in [0.5, 0.6) is 0 Å². The SMILES string of the molecule is c1ccc(-c2nc(-c3ccc(-n4c5ccccc5c5c6c(ccc54)c4c5ccccc5sc4n4c5ccccc5nc64)cc3)nc3ccccc23)cc1. The van der Waals surface area contributed by atoms with Crippen molar-refractivity contribution in [1.82, 2.24) is 23.9 Å². The van der Waals surface area contributed by atoms with E-state index >= 15 is 0 Å². The Morgan fingerprint density at radius 3 is 1.96 bits per heavy atom. The second-order valence-electron chi connectivity index (χ2n) is 13.6. The molecule has 0 unspecified atom stereocenters. The monoisotopic (exact) mass is 693 g/mol. The number of imidazole rings is 1. The molecule has 0 fully saturated rings. The minimum atomic E-state index is 0.711. The number of thiophene rings is 1. The molecule has 0 saturated carbocycles. The minimum Gasteiger partial charge on any atom is -0.309 e. The van der Waals surface area contributed by atoms with Crippen LogP contribution >= 0.6 is 11.3 Å². The van der Waals surface area contributed by atoms with Crippen LogP contribution in [0.2, 0.25) is 0 Å². The smallest absolute Gasteiger partial charge is 0.160 e. The predicted octanol–water partition coefficient (Wildman–Crippen LogP) is 12.4. The van der Waals surface area contributed by atoms with Crippen molar-refractivity contribution in [3.05, 3.63) is 164 Å². The molecular weight excluding hydrogens is 667 g/mol. The molecule has 0 aliphatic carbocycles. The van der Waals surface area contributed by atoms with Crippen LogP contribution in [-0.2, 0) is 0 Å². The first kappa shape index (κ1) is 28.8. The Bertz CT molecular complexity index is 3450. The fourth-order valence-electron chi connectivity index (χ4n) is 8.41. The number of fused-ring (bicyclic) bond motifs is 15. The van der Waals surface area contributed by atoms with Crippen molar-refractivity contribution in [1.29, 1.82) is 0 Å². The predicted molar refractivity (Wildman–Crippen MR) is 221 cm³/mol. The molecule has 7 aromatic carbocycles. The number of aromatic nitrogens is 5. The van der Waals surface area contributed by atoms with Crippen molar-refractivity contribution >= 4 is 91.8 Å². The van der Waals surface area contributed by atoms with Gasteiger partial charge in [0.05, 0.1) is 33.3 Å². The highest BCUT2D eigenvalue weighted by atomic mass is 32.1. The molecular formula is C47H27N5S. The molecule has 5 nitrogen and oxygen atoms in total. The maximum absolute atomic E-state index is 5.34. The number of pyridine rings is 1. The van der Waals surface area contributed by atoms with E-state index in [-0.39, 0.29) is 0 Å². The summed E-state index contributed by atoms with van der Waals surface area (Å²) in [5, 5.41) is 8.43. The molecule has 0 atom stereocenters. The van der Waals surface area contributed by atoms with Crippen molar-refractivity contribution in [2.75, 3.05) is 0 Å². The summed E-state index contributed by atoms with van der Waals surface area (Å²) in [6.07, 6.45) is 0. The molecule has 246 valence electrons. The van der Waals surface area contributed by atoms with Crippen molar-refractivity contribution in [2.24, 2.45) is 0 Å². The zero-order chi connectivity index (χ0) is 34.6. The zero-order valence-corrected chi connectivity index (χ0v) is 29.0. The first-order valence-electron chi connectivity index (χ1n) is 17.8. The van der Waals surface area contributed by atoms with Gasteiger partial charge in [-0.25, -0.2) is 15.0 Å². The first-order chi connectivity index (χ1) is 26.3. The van der Waals surface area contributed by atoms with Crippen molar-refractivity contribution in [3.8, 4) is 28.3 Å². The normalized spacial score (nSPS) is 12.2. The topological polar surface area (TPSA) is 48.0 Å². The lowest BCUT2D eigenvalue weighted by atomic mass is 10.0. The van der Waals surface area contributed by atoms with Gasteiger partial charge in [-0.15, -0.1) is 11.3 Å². The molecule has 0 amide bonds. The largest absolute Gasteiger partial charge is 0.309 e. The second kappa shape index (κ2) is 10.8. The average Bonchev–Trinajstić information content (AvgIpc) is 3.91. The maximum Gasteiger partial charge on any atom is 0.160 e. The number of para-hydroxylation sites is 4. The molecule has 0 radical (unpaired) electrons. The van der Waals surface area contributed by atoms with E-state index in [0.29, 0.717) is 5.82 Å². The maximum atomic E-state index is 5.34. The number of hydrogen-bond acceptors (Lipinski definition) is 4. The summed E-state index contributed by atoms with van der Waals surface area (Å²) in [5.41, 5.74) is 10.4. The number of nitrogens with zero attached hydrogens (tertiary/aromatic N) is 5. The Hall–Kier alpha value is -6.89. The highest BCUT2D eigenvalue weighted by Gasteiger charge is 2.23. The van der Waals surface area contributed by atoms with Gasteiger partial charge in [0, 0.05) is 53.8 Å². The molecule has 12 aromatic rings. The average molecular weight is 694 g/mol. The third kappa shape index (κ3) is 4.04. The molecule has 0 bridgehead atoms. The third-order valence-electron chi connectivity index (χ3n) is 10.7. The van der Waals surface area contributed by atoms with Gasteiger partial charge in [0.2, 0.25) is 0 Å². The van der Waals surface area contributed by atoms with Crippen LogP contribution in [0.3, 0.4) is 0 Å². The van der Waals surface area contributed by atoms with Gasteiger partial charge in [0.15, 0.2) is 5.82 Å². The van der Waals surface area contributed by atoms with Gasteiger partial charge in [0.1, 0.15) is 10.5 Å². The molecule has 0 aliphatic heterocycles. The lowest BCUT2D eigenvalue weighted by molar-refractivity contribution is 1.17. The molecule has 5 aromatic heterocycles. The van der Waals surface area contributed by atoms with Gasteiger partial charge in [-0.05, 0) is 66.0 Å². The summed E-state index contributed by atoms with van der Waals surface area (Å²) in [6, 6.07) is 58.0. The van der Waals surface area contributed by atoms with Gasteiger partial charge >= 0.3 is 0 Å². The van der Waals surface area contributed by atoms with E-state index in [1.54, 1.807) is 0 Å². The fraction of sp³-hybridized carbons (Fsp3) is 0. The van der Waals surface area contributed by atoms with Crippen LogP contribution in [0.4, 0.5) is 0 Å². The molecule has 0 aliphatic rings. The Balaban J connectivity index is 1.12. The summed E-state index contributed by atoms with van der Waals surface area (Å²) in [7, 11) is 0. The van der Waals surface area contributed by atoms with Crippen LogP contribution in [0.15, 0.2) is 164 Å². The van der Waals surface area contributed by atoms with Crippen molar-refractivity contribution in [2.45, 2.75) is 0 Å². The van der Waals surface area contributed by atoms with E-state index in [0.717, 1.165) is 61.1 Å². The standard InChI is InChI=1S/C47H27N5S/c1-2-12-28(13-3-1)44-31-14-4-7-17-35(31)48-45(50-44)29-22-24-30(25-23-29)51-37-19-9-5-15-32(37)42-39(51)27-26-34-41-33-16-6-11-21-40(33)53-47(41)52-38-20-10-8-18-36(38)49-46(52)43(34)42/h1-27H. The van der Waals surface area contributed by atoms with Crippen molar-refractivity contribution in [3.63, 3.8) is 0 Å². The van der Waals surface area contributed by atoms with E-state index < -0.39 is 0 Å². The Morgan fingerprint density at radius 1 is 0.415 bits per heavy atom. The van der Waals surface area contributed by atoms with E-state index in [9.17, 15) is 0 Å². The van der Waals surface area contributed by atoms with Crippen LogP contribution in [0.25, 0.3) is 109 Å². The van der Waals surface area contributed by atoms with Gasteiger partial charge in [0.25, 0.3) is 0 Å². The lowest BCUT2D eigenvalue weighted by Crippen LogP contribution is -1.97. The van der Waals surface area contributed by atoms with Crippen LogP contribution in [0, 0.1) is 0 Å². The third-order valence-corrected chi connectivity index (χ3v) is 11.9. The molecule has 12 rings (SSSR count). The summed E-state index contributed by atoms with van der Waals surface area (Å²) in [6.45, 7) is 0. The zero-order valence-electron chi connectivity index (χ0n) is 28.2. The Labute approximate surface area is 306 Å². The molecule has 6 heteroatoms. The van der Waals surface area contributed by atoms with Crippen LogP contribution in [-0.4, -0.2) is 23.9 Å². The molecule has 5 heterocycles. The summed E-state index contributed by atoms with van der Waals surface area (Å²) >= 11 is 1.84. The van der Waals surface area contributed by atoms with E-state index in [2.05, 4.69) is 155 Å². The quantitative estimate of drug-likeness (QED) is 0.185. The van der Waals surface area contributed by atoms with Gasteiger partial charge in [-0.1, -0.05) is 103 Å². The summed E-state index contributed by atoms with van der Waals surface area (Å²) in [4.78, 5) is 16.7. The highest BCUT2D eigenvalue weighted by molar-refractivity contribution is 7.25. The summed E-state index contributed by atoms with van der Waals surface area (Å²) < 4.78 is 6.06. The second-order valence-corrected chi connectivity index (χ2v) is 14.6. The lowest BCUT2D eigenvalue weighted by Gasteiger charge is -2.12. The number of benzene rings is 7. The number of hydrogen-bond donors (Lipinski definition) is 0. The van der Waals surface area contributed by atoms with Crippen LogP contribution in [0.1, 0.15) is 0 Å². The van der Waals surface area contributed by atoms with E-state index in [1.165, 1.54) is 41.8 Å². The van der Waals surface area contributed by atoms with Gasteiger partial charge in [-0.2, -0.15) is 0 Å². The summed E-state index contributed by atoms with van der Waals surface area (Å²) in [5.74, 6) is 0.711. The van der Waals surface area contributed by atoms with Gasteiger partial charge < -0.3 is 4.57 Å². The molecule has 53 heavy (non-hydrogen) atoms. The van der Waals surface area contributed by atoms with Gasteiger partial charge in [-0.3, -0.25) is 4.40 Å². The first-order valence-corrected chi connectivity index (χ1v) is 18.6.